The Morgan fingerprint density at radius 1 is 0.864 bits per heavy atom. The molecule has 112 valence electrons. The lowest BCUT2D eigenvalue weighted by molar-refractivity contribution is -0.130. The molecule has 0 spiro atoms. The van der Waals surface area contributed by atoms with Crippen molar-refractivity contribution in [3.05, 3.63) is 71.3 Å². The van der Waals surface area contributed by atoms with Gasteiger partial charge in [-0.2, -0.15) is 0 Å². The maximum absolute atomic E-state index is 11.7. The van der Waals surface area contributed by atoms with Gasteiger partial charge < -0.3 is 10.2 Å². The summed E-state index contributed by atoms with van der Waals surface area (Å²) in [5.74, 6) is -2.14. The number of aliphatic carboxylic acids is 1. The molecule has 2 rings (SSSR count). The summed E-state index contributed by atoms with van der Waals surface area (Å²) in [6, 6.07) is 15.2. The highest BCUT2D eigenvalue weighted by Gasteiger charge is 2.20. The second-order valence-electron chi connectivity index (χ2n) is 4.73. The maximum Gasteiger partial charge on any atom is 0.336 e. The van der Waals surface area contributed by atoms with Crippen molar-refractivity contribution in [2.24, 2.45) is 0 Å². The van der Waals surface area contributed by atoms with Crippen molar-refractivity contribution in [1.82, 2.24) is 0 Å². The molecule has 2 N–H and O–H groups in total. The van der Waals surface area contributed by atoms with E-state index in [2.05, 4.69) is 0 Å². The number of allylic oxidation sites excluding steroid dienone is 1. The van der Waals surface area contributed by atoms with E-state index in [0.717, 1.165) is 0 Å². The molecule has 0 aliphatic heterocycles. The van der Waals surface area contributed by atoms with E-state index in [1.165, 1.54) is 6.07 Å². The Morgan fingerprint density at radius 2 is 1.41 bits per heavy atom. The van der Waals surface area contributed by atoms with Crippen LogP contribution in [-0.4, -0.2) is 22.2 Å². The van der Waals surface area contributed by atoms with Crippen LogP contribution in [0.2, 0.25) is 0 Å². The van der Waals surface area contributed by atoms with E-state index in [-0.39, 0.29) is 11.1 Å². The van der Waals surface area contributed by atoms with Crippen molar-refractivity contribution >= 4 is 23.1 Å². The van der Waals surface area contributed by atoms with Crippen LogP contribution in [0.25, 0.3) is 11.1 Å². The van der Waals surface area contributed by atoms with Gasteiger partial charge in [0.15, 0.2) is 0 Å². The fraction of sp³-hybridized carbons (Fsp3) is 0.111. The predicted octanol–water partition coefficient (Wildman–Crippen LogP) is 3.79. The first-order valence-electron chi connectivity index (χ1n) is 6.90. The van der Waals surface area contributed by atoms with Crippen molar-refractivity contribution in [3.8, 4) is 0 Å². The number of carboxylic acid groups (broad SMARTS) is 2. The zero-order valence-corrected chi connectivity index (χ0v) is 12.1. The van der Waals surface area contributed by atoms with Gasteiger partial charge in [0.25, 0.3) is 0 Å². The molecule has 0 aliphatic carbocycles. The standard InChI is InChI=1S/C18H16O4/c1-2-13(14-10-6-7-11-15(14)17(19)20)16(18(21)22)12-8-4-3-5-9-12/h3-11H,2H2,1H3,(H,19,20)(H,21,22)/b16-13+. The minimum Gasteiger partial charge on any atom is -0.478 e. The predicted molar refractivity (Wildman–Crippen MR) is 84.6 cm³/mol. The Morgan fingerprint density at radius 3 is 1.91 bits per heavy atom. The van der Waals surface area contributed by atoms with Crippen molar-refractivity contribution < 1.29 is 19.8 Å². The van der Waals surface area contributed by atoms with Crippen LogP contribution in [0.5, 0.6) is 0 Å². The van der Waals surface area contributed by atoms with Gasteiger partial charge in [-0.25, -0.2) is 9.59 Å². The Hall–Kier alpha value is -2.88. The summed E-state index contributed by atoms with van der Waals surface area (Å²) in [4.78, 5) is 23.2. The van der Waals surface area contributed by atoms with Gasteiger partial charge in [0.1, 0.15) is 0 Å². The van der Waals surface area contributed by atoms with E-state index in [0.29, 0.717) is 23.1 Å². The van der Waals surface area contributed by atoms with Crippen molar-refractivity contribution in [3.63, 3.8) is 0 Å². The van der Waals surface area contributed by atoms with E-state index < -0.39 is 11.9 Å². The summed E-state index contributed by atoms with van der Waals surface area (Å²) in [6.07, 6.45) is 0.417. The fourth-order valence-electron chi connectivity index (χ4n) is 2.47. The summed E-state index contributed by atoms with van der Waals surface area (Å²) in [5, 5.41) is 18.9. The summed E-state index contributed by atoms with van der Waals surface area (Å²) in [5.41, 5.74) is 1.76. The van der Waals surface area contributed by atoms with Crippen LogP contribution in [-0.2, 0) is 4.79 Å². The van der Waals surface area contributed by atoms with Crippen LogP contribution in [0, 0.1) is 0 Å². The first-order chi connectivity index (χ1) is 10.6. The number of carbonyl (C=O) groups is 2. The molecule has 2 aromatic rings. The zero-order chi connectivity index (χ0) is 16.1. The summed E-state index contributed by atoms with van der Waals surface area (Å²) in [6.45, 7) is 1.82. The molecule has 0 amide bonds. The summed E-state index contributed by atoms with van der Waals surface area (Å²) in [7, 11) is 0. The summed E-state index contributed by atoms with van der Waals surface area (Å²) >= 11 is 0. The molecule has 0 bridgehead atoms. The highest BCUT2D eigenvalue weighted by Crippen LogP contribution is 2.31. The zero-order valence-electron chi connectivity index (χ0n) is 12.1. The lowest BCUT2D eigenvalue weighted by Gasteiger charge is -2.14. The number of aromatic carboxylic acids is 1. The Labute approximate surface area is 128 Å². The van der Waals surface area contributed by atoms with Crippen LogP contribution in [0.15, 0.2) is 54.6 Å². The molecule has 0 aliphatic rings. The largest absolute Gasteiger partial charge is 0.478 e. The Kier molecular flexibility index (Phi) is 4.73. The number of carboxylic acids is 2. The first kappa shape index (κ1) is 15.5. The molecule has 0 radical (unpaired) electrons. The number of benzene rings is 2. The Bertz CT molecular complexity index is 730. The van der Waals surface area contributed by atoms with E-state index in [9.17, 15) is 19.8 Å². The molecule has 0 unspecified atom stereocenters. The first-order valence-corrected chi connectivity index (χ1v) is 6.90. The number of hydrogen-bond donors (Lipinski definition) is 2. The lowest BCUT2D eigenvalue weighted by Crippen LogP contribution is -2.07. The molecule has 0 aromatic heterocycles. The molecule has 0 atom stereocenters. The van der Waals surface area contributed by atoms with Crippen LogP contribution in [0.3, 0.4) is 0 Å². The van der Waals surface area contributed by atoms with Gasteiger partial charge in [-0.3, -0.25) is 0 Å². The second-order valence-corrected chi connectivity index (χ2v) is 4.73. The van der Waals surface area contributed by atoms with Crippen molar-refractivity contribution in [2.75, 3.05) is 0 Å². The minimum atomic E-state index is -1.07. The van der Waals surface area contributed by atoms with E-state index >= 15 is 0 Å². The third-order valence-corrected chi connectivity index (χ3v) is 3.41. The van der Waals surface area contributed by atoms with Crippen molar-refractivity contribution in [1.29, 1.82) is 0 Å². The van der Waals surface area contributed by atoms with Gasteiger partial charge in [-0.15, -0.1) is 0 Å². The van der Waals surface area contributed by atoms with Crippen LogP contribution < -0.4 is 0 Å². The van der Waals surface area contributed by atoms with Gasteiger partial charge in [0, 0.05) is 0 Å². The monoisotopic (exact) mass is 296 g/mol. The van der Waals surface area contributed by atoms with Gasteiger partial charge in [0.05, 0.1) is 11.1 Å². The van der Waals surface area contributed by atoms with Gasteiger partial charge >= 0.3 is 11.9 Å². The highest BCUT2D eigenvalue weighted by atomic mass is 16.4. The highest BCUT2D eigenvalue weighted by molar-refractivity contribution is 6.24. The topological polar surface area (TPSA) is 74.6 Å². The molecule has 0 heterocycles. The molecule has 0 fully saturated rings. The molecule has 2 aromatic carbocycles. The molecule has 4 nitrogen and oxygen atoms in total. The van der Waals surface area contributed by atoms with E-state index in [1.54, 1.807) is 48.5 Å². The van der Waals surface area contributed by atoms with Gasteiger partial charge in [-0.05, 0) is 29.2 Å². The molecule has 0 saturated carbocycles. The molecule has 0 saturated heterocycles. The molecular formula is C18H16O4. The van der Waals surface area contributed by atoms with Gasteiger partial charge in [-0.1, -0.05) is 55.5 Å². The average molecular weight is 296 g/mol. The number of rotatable bonds is 5. The normalized spacial score (nSPS) is 11.7. The van der Waals surface area contributed by atoms with Crippen LogP contribution in [0.1, 0.15) is 34.8 Å². The fourth-order valence-corrected chi connectivity index (χ4v) is 2.47. The number of hydrogen-bond acceptors (Lipinski definition) is 2. The van der Waals surface area contributed by atoms with Crippen LogP contribution >= 0.6 is 0 Å². The molecular weight excluding hydrogens is 280 g/mol. The van der Waals surface area contributed by atoms with Gasteiger partial charge in [0.2, 0.25) is 0 Å². The quantitative estimate of drug-likeness (QED) is 0.650. The third kappa shape index (κ3) is 3.06. The Balaban J connectivity index is 2.76. The molecule has 4 heteroatoms. The lowest BCUT2D eigenvalue weighted by atomic mass is 9.90. The SMILES string of the molecule is CC/C(=C(\C(=O)O)c1ccccc1)c1ccccc1C(=O)O. The van der Waals surface area contributed by atoms with E-state index in [4.69, 9.17) is 0 Å². The van der Waals surface area contributed by atoms with Crippen LogP contribution in [0.4, 0.5) is 0 Å². The van der Waals surface area contributed by atoms with E-state index in [1.807, 2.05) is 6.92 Å². The molecule has 22 heavy (non-hydrogen) atoms. The third-order valence-electron chi connectivity index (χ3n) is 3.41. The smallest absolute Gasteiger partial charge is 0.336 e. The maximum atomic E-state index is 11.7. The minimum absolute atomic E-state index is 0.106. The summed E-state index contributed by atoms with van der Waals surface area (Å²) < 4.78 is 0. The average Bonchev–Trinajstić information content (AvgIpc) is 2.52. The second kappa shape index (κ2) is 6.72. The van der Waals surface area contributed by atoms with Crippen molar-refractivity contribution in [2.45, 2.75) is 13.3 Å².